The summed E-state index contributed by atoms with van der Waals surface area (Å²) >= 11 is 6.54. The Hall–Kier alpha value is -1.92. The molecule has 1 aromatic heterocycles. The van der Waals surface area contributed by atoms with Gasteiger partial charge in [0.25, 0.3) is 0 Å². The number of alkyl halides is 3. The third-order valence-electron chi connectivity index (χ3n) is 4.31. The van der Waals surface area contributed by atoms with E-state index in [-0.39, 0.29) is 23.4 Å². The van der Waals surface area contributed by atoms with Crippen molar-refractivity contribution in [2.45, 2.75) is 28.8 Å². The first-order chi connectivity index (χ1) is 13.1. The lowest BCUT2D eigenvalue weighted by Crippen LogP contribution is -2.37. The molecule has 13 heteroatoms. The highest BCUT2D eigenvalue weighted by Gasteiger charge is 2.47. The van der Waals surface area contributed by atoms with Crippen LogP contribution in [0.25, 0.3) is 0 Å². The Morgan fingerprint density at radius 3 is 2.61 bits per heavy atom. The fourth-order valence-electron chi connectivity index (χ4n) is 3.04. The van der Waals surface area contributed by atoms with Crippen molar-refractivity contribution in [1.82, 2.24) is 9.36 Å². The molecule has 2 heterocycles. The van der Waals surface area contributed by atoms with Crippen LogP contribution in [0.15, 0.2) is 29.2 Å². The third-order valence-corrected chi connectivity index (χ3v) is 7.52. The maximum Gasteiger partial charge on any atom is 0.417 e. The van der Waals surface area contributed by atoms with Gasteiger partial charge in [0, 0.05) is 18.1 Å². The van der Waals surface area contributed by atoms with Gasteiger partial charge in [-0.2, -0.15) is 22.5 Å². The summed E-state index contributed by atoms with van der Waals surface area (Å²) in [7, 11) is -3.27. The molecule has 1 unspecified atom stereocenters. The van der Waals surface area contributed by atoms with Crippen LogP contribution < -0.4 is 4.90 Å². The first kappa shape index (κ1) is 20.8. The molecule has 0 N–H and O–H groups in total. The molecule has 28 heavy (non-hydrogen) atoms. The van der Waals surface area contributed by atoms with Gasteiger partial charge in [-0.05, 0) is 30.2 Å². The highest BCUT2D eigenvalue weighted by molar-refractivity contribution is 7.92. The van der Waals surface area contributed by atoms with Crippen molar-refractivity contribution in [3.63, 3.8) is 0 Å². The number of esters is 1. The maximum atomic E-state index is 13.3. The zero-order valence-electron chi connectivity index (χ0n) is 14.2. The van der Waals surface area contributed by atoms with E-state index in [1.807, 2.05) is 0 Å². The molecule has 1 aliphatic heterocycles. The van der Waals surface area contributed by atoms with Gasteiger partial charge in [0.15, 0.2) is 9.84 Å². The maximum absolute atomic E-state index is 13.3. The van der Waals surface area contributed by atoms with Crippen molar-refractivity contribution in [3.8, 4) is 0 Å². The van der Waals surface area contributed by atoms with Crippen LogP contribution in [-0.4, -0.2) is 48.7 Å². The Morgan fingerprint density at radius 1 is 1.36 bits per heavy atom. The molecule has 0 spiro atoms. The number of anilines is 1. The van der Waals surface area contributed by atoms with Crippen LogP contribution in [0.4, 0.5) is 18.3 Å². The zero-order chi connectivity index (χ0) is 20.7. The van der Waals surface area contributed by atoms with Crippen molar-refractivity contribution < 1.29 is 31.1 Å². The molecule has 2 aromatic rings. The van der Waals surface area contributed by atoms with E-state index in [0.717, 1.165) is 30.8 Å². The Kier molecular flexibility index (Phi) is 5.56. The third kappa shape index (κ3) is 3.80. The van der Waals surface area contributed by atoms with Gasteiger partial charge in [0.1, 0.15) is 6.04 Å². The molecule has 0 radical (unpaired) electrons. The predicted molar refractivity (Wildman–Crippen MR) is 95.1 cm³/mol. The van der Waals surface area contributed by atoms with E-state index < -0.39 is 43.7 Å². The first-order valence-corrected chi connectivity index (χ1v) is 10.5. The minimum absolute atomic E-state index is 0.0858. The number of carbonyl (C=O) groups is 1. The summed E-state index contributed by atoms with van der Waals surface area (Å²) in [6.45, 7) is -0.250. The van der Waals surface area contributed by atoms with Gasteiger partial charge in [0.05, 0.1) is 22.8 Å². The molecule has 1 aromatic carbocycles. The number of carbonyl (C=O) groups excluding carboxylic acids is 1. The molecular formula is C15H13ClF3N3O4S2. The van der Waals surface area contributed by atoms with Gasteiger partial charge < -0.3 is 9.64 Å². The molecule has 1 fully saturated rings. The van der Waals surface area contributed by atoms with Crippen LogP contribution in [0, 0.1) is 0 Å². The molecule has 0 amide bonds. The van der Waals surface area contributed by atoms with Crippen molar-refractivity contribution in [2.24, 2.45) is 0 Å². The largest absolute Gasteiger partial charge is 0.467 e. The van der Waals surface area contributed by atoms with E-state index in [9.17, 15) is 26.4 Å². The quantitative estimate of drug-likeness (QED) is 0.655. The minimum atomic E-state index is -4.84. The average molecular weight is 456 g/mol. The molecule has 1 saturated heterocycles. The second kappa shape index (κ2) is 7.48. The number of hydrogen-bond acceptors (Lipinski definition) is 8. The summed E-state index contributed by atoms with van der Waals surface area (Å²) in [6, 6.07) is 2.92. The molecule has 0 saturated carbocycles. The number of nitrogens with zero attached hydrogens (tertiary/aromatic N) is 3. The Balaban J connectivity index is 2.01. The summed E-state index contributed by atoms with van der Waals surface area (Å²) in [5, 5.41) is -1.18. The van der Waals surface area contributed by atoms with Crippen LogP contribution >= 0.6 is 23.1 Å². The van der Waals surface area contributed by atoms with Crippen molar-refractivity contribution in [2.75, 3.05) is 18.6 Å². The van der Waals surface area contributed by atoms with E-state index in [0.29, 0.717) is 6.07 Å². The second-order valence-electron chi connectivity index (χ2n) is 5.93. The molecule has 7 nitrogen and oxygen atoms in total. The van der Waals surface area contributed by atoms with Gasteiger partial charge in [-0.3, -0.25) is 0 Å². The summed E-state index contributed by atoms with van der Waals surface area (Å²) in [5.74, 6) is -0.729. The molecule has 0 aliphatic carbocycles. The molecule has 1 aliphatic rings. The first-order valence-electron chi connectivity index (χ1n) is 7.79. The van der Waals surface area contributed by atoms with Gasteiger partial charge in [0.2, 0.25) is 10.4 Å². The summed E-state index contributed by atoms with van der Waals surface area (Å²) in [5.41, 5.74) is -1.25. The van der Waals surface area contributed by atoms with E-state index in [1.165, 1.54) is 11.0 Å². The molecular weight excluding hydrogens is 443 g/mol. The van der Waals surface area contributed by atoms with Crippen LogP contribution in [0.1, 0.15) is 12.0 Å². The number of rotatable bonds is 4. The predicted octanol–water partition coefficient (Wildman–Crippen LogP) is 2.80. The van der Waals surface area contributed by atoms with Crippen molar-refractivity contribution in [1.29, 1.82) is 0 Å². The van der Waals surface area contributed by atoms with E-state index in [2.05, 4.69) is 9.36 Å². The van der Waals surface area contributed by atoms with E-state index in [1.54, 1.807) is 0 Å². The number of halogens is 4. The molecule has 3 rings (SSSR count). The Bertz CT molecular complexity index is 996. The van der Waals surface area contributed by atoms with Crippen LogP contribution in [0.3, 0.4) is 0 Å². The molecule has 152 valence electrons. The number of benzene rings is 1. The number of aromatic nitrogens is 2. The topological polar surface area (TPSA) is 89.5 Å². The minimum Gasteiger partial charge on any atom is -0.467 e. The fourth-order valence-corrected chi connectivity index (χ4v) is 5.81. The lowest BCUT2D eigenvalue weighted by molar-refractivity contribution is -0.142. The smallest absolute Gasteiger partial charge is 0.417 e. The standard InChI is InChI=1S/C15H13ClF3N3O4S2/c1-26-12(23)10-6-8(7-22(10)14-20-13(16)21-27-14)28(24,25)11-5-3-2-4-9(11)15(17,18)19/h2-5,8,10H,6-7H2,1H3/t8-,10?/m1/s1. The normalized spacial score (nSPS) is 20.4. The highest BCUT2D eigenvalue weighted by atomic mass is 35.5. The van der Waals surface area contributed by atoms with Crippen LogP contribution in [0.2, 0.25) is 5.28 Å². The SMILES string of the molecule is COC(=O)C1C[C@@H](S(=O)(=O)c2ccccc2C(F)(F)F)CN1c1nc(Cl)ns1. The van der Waals surface area contributed by atoms with Gasteiger partial charge in [-0.15, -0.1) is 0 Å². The lowest BCUT2D eigenvalue weighted by Gasteiger charge is -2.20. The number of methoxy groups -OCH3 is 1. The summed E-state index contributed by atoms with van der Waals surface area (Å²) < 4.78 is 74.4. The van der Waals surface area contributed by atoms with Gasteiger partial charge in [-0.25, -0.2) is 13.2 Å². The molecule has 2 atom stereocenters. The zero-order valence-corrected chi connectivity index (χ0v) is 16.6. The number of hydrogen-bond donors (Lipinski definition) is 0. The lowest BCUT2D eigenvalue weighted by atomic mass is 10.2. The van der Waals surface area contributed by atoms with Crippen molar-refractivity contribution in [3.05, 3.63) is 35.1 Å². The second-order valence-corrected chi connectivity index (χ2v) is 9.20. The summed E-state index contributed by atoms with van der Waals surface area (Å²) in [4.78, 5) is 16.6. The highest BCUT2D eigenvalue weighted by Crippen LogP contribution is 2.38. The van der Waals surface area contributed by atoms with Crippen LogP contribution in [-0.2, 0) is 25.5 Å². The van der Waals surface area contributed by atoms with E-state index in [4.69, 9.17) is 16.3 Å². The Morgan fingerprint density at radius 2 is 2.04 bits per heavy atom. The average Bonchev–Trinajstić information content (AvgIpc) is 3.27. The number of sulfone groups is 1. The summed E-state index contributed by atoms with van der Waals surface area (Å²) in [6.07, 6.45) is -5.09. The van der Waals surface area contributed by atoms with Gasteiger partial charge in [-0.1, -0.05) is 12.1 Å². The van der Waals surface area contributed by atoms with E-state index >= 15 is 0 Å². The Labute approximate surface area is 167 Å². The fraction of sp³-hybridized carbons (Fsp3) is 0.400. The van der Waals surface area contributed by atoms with Crippen LogP contribution in [0.5, 0.6) is 0 Å². The molecule has 0 bridgehead atoms. The number of ether oxygens (including phenoxy) is 1. The van der Waals surface area contributed by atoms with Gasteiger partial charge >= 0.3 is 12.1 Å². The van der Waals surface area contributed by atoms with Crippen molar-refractivity contribution >= 4 is 44.1 Å². The monoisotopic (exact) mass is 455 g/mol.